The van der Waals surface area contributed by atoms with Gasteiger partial charge in [0.2, 0.25) is 0 Å². The van der Waals surface area contributed by atoms with Crippen LogP contribution in [0.4, 0.5) is 0 Å². The van der Waals surface area contributed by atoms with Crippen LogP contribution in [0.15, 0.2) is 30.5 Å². The SMILES string of the molecule is COc1ccc(Cl)c(Cl)c1-c1ccn2c(C)c(CO)nc2c1. The number of fused-ring (bicyclic) bond motifs is 1. The Bertz CT molecular complexity index is 859. The van der Waals surface area contributed by atoms with E-state index in [-0.39, 0.29) is 6.61 Å². The highest BCUT2D eigenvalue weighted by Crippen LogP contribution is 2.40. The Kier molecular flexibility index (Phi) is 4.00. The van der Waals surface area contributed by atoms with Crippen LogP contribution in [-0.2, 0) is 6.61 Å². The molecule has 22 heavy (non-hydrogen) atoms. The van der Waals surface area contributed by atoms with Gasteiger partial charge in [0, 0.05) is 17.5 Å². The molecule has 0 fully saturated rings. The fourth-order valence-corrected chi connectivity index (χ4v) is 2.92. The van der Waals surface area contributed by atoms with E-state index in [1.165, 1.54) is 0 Å². The highest BCUT2D eigenvalue weighted by atomic mass is 35.5. The zero-order chi connectivity index (χ0) is 15.9. The maximum absolute atomic E-state index is 9.33. The summed E-state index contributed by atoms with van der Waals surface area (Å²) in [6.45, 7) is 1.82. The number of aliphatic hydroxyl groups is 1. The summed E-state index contributed by atoms with van der Waals surface area (Å²) in [7, 11) is 1.59. The lowest BCUT2D eigenvalue weighted by molar-refractivity contribution is 0.276. The molecule has 0 saturated carbocycles. The van der Waals surface area contributed by atoms with E-state index in [0.717, 1.165) is 22.5 Å². The summed E-state index contributed by atoms with van der Waals surface area (Å²) in [4.78, 5) is 4.42. The van der Waals surface area contributed by atoms with Crippen molar-refractivity contribution in [1.29, 1.82) is 0 Å². The van der Waals surface area contributed by atoms with E-state index in [2.05, 4.69) is 4.98 Å². The number of rotatable bonds is 3. The van der Waals surface area contributed by atoms with Crippen molar-refractivity contribution in [3.05, 3.63) is 51.9 Å². The highest BCUT2D eigenvalue weighted by Gasteiger charge is 2.15. The van der Waals surface area contributed by atoms with Gasteiger partial charge in [0.05, 0.1) is 29.5 Å². The highest BCUT2D eigenvalue weighted by molar-refractivity contribution is 6.44. The molecule has 0 radical (unpaired) electrons. The van der Waals surface area contributed by atoms with E-state index in [1.54, 1.807) is 19.2 Å². The maximum atomic E-state index is 9.33. The van der Waals surface area contributed by atoms with E-state index < -0.39 is 0 Å². The normalized spacial score (nSPS) is 11.1. The number of aliphatic hydroxyl groups excluding tert-OH is 1. The second-order valence-electron chi connectivity index (χ2n) is 4.88. The molecule has 0 atom stereocenters. The number of nitrogens with zero attached hydrogens (tertiary/aromatic N) is 2. The van der Waals surface area contributed by atoms with Crippen LogP contribution in [0.3, 0.4) is 0 Å². The fraction of sp³-hybridized carbons (Fsp3) is 0.188. The minimum Gasteiger partial charge on any atom is -0.496 e. The monoisotopic (exact) mass is 336 g/mol. The van der Waals surface area contributed by atoms with Gasteiger partial charge in [-0.3, -0.25) is 0 Å². The molecule has 1 N–H and O–H groups in total. The van der Waals surface area contributed by atoms with Crippen LogP contribution in [-0.4, -0.2) is 21.6 Å². The Hall–Kier alpha value is -1.75. The molecule has 2 aromatic heterocycles. The van der Waals surface area contributed by atoms with Crippen molar-refractivity contribution < 1.29 is 9.84 Å². The number of halogens is 2. The lowest BCUT2D eigenvalue weighted by Gasteiger charge is -2.12. The van der Waals surface area contributed by atoms with E-state index in [1.807, 2.05) is 29.7 Å². The van der Waals surface area contributed by atoms with Gasteiger partial charge in [-0.15, -0.1) is 0 Å². The van der Waals surface area contributed by atoms with Crippen molar-refractivity contribution >= 4 is 28.8 Å². The van der Waals surface area contributed by atoms with Crippen LogP contribution in [0.1, 0.15) is 11.4 Å². The molecule has 1 aromatic carbocycles. The van der Waals surface area contributed by atoms with Gasteiger partial charge in [0.25, 0.3) is 0 Å². The van der Waals surface area contributed by atoms with Gasteiger partial charge in [-0.25, -0.2) is 4.98 Å². The molecular weight excluding hydrogens is 323 g/mol. The first kappa shape index (κ1) is 15.2. The number of benzene rings is 1. The van der Waals surface area contributed by atoms with Gasteiger partial charge in [-0.2, -0.15) is 0 Å². The van der Waals surface area contributed by atoms with Crippen LogP contribution < -0.4 is 4.74 Å². The molecule has 3 rings (SSSR count). The van der Waals surface area contributed by atoms with Gasteiger partial charge in [-0.05, 0) is 36.8 Å². The molecule has 0 saturated heterocycles. The number of aromatic nitrogens is 2. The molecule has 4 nitrogen and oxygen atoms in total. The van der Waals surface area contributed by atoms with Crippen LogP contribution in [0, 0.1) is 6.92 Å². The second kappa shape index (κ2) is 5.80. The average molecular weight is 337 g/mol. The first-order valence-electron chi connectivity index (χ1n) is 6.67. The van der Waals surface area contributed by atoms with Crippen molar-refractivity contribution in [3.63, 3.8) is 0 Å². The fourth-order valence-electron chi connectivity index (χ4n) is 2.49. The van der Waals surface area contributed by atoms with Crippen molar-refractivity contribution in [3.8, 4) is 16.9 Å². The Morgan fingerprint density at radius 3 is 2.73 bits per heavy atom. The predicted molar refractivity (Wildman–Crippen MR) is 87.9 cm³/mol. The Morgan fingerprint density at radius 1 is 1.27 bits per heavy atom. The zero-order valence-corrected chi connectivity index (χ0v) is 13.6. The van der Waals surface area contributed by atoms with Crippen LogP contribution in [0.25, 0.3) is 16.8 Å². The van der Waals surface area contributed by atoms with Crippen LogP contribution in [0.5, 0.6) is 5.75 Å². The molecular formula is C16H14Cl2N2O2. The molecule has 0 unspecified atom stereocenters. The largest absolute Gasteiger partial charge is 0.496 e. The van der Waals surface area contributed by atoms with Crippen molar-refractivity contribution in [2.75, 3.05) is 7.11 Å². The van der Waals surface area contributed by atoms with E-state index in [9.17, 15) is 5.11 Å². The summed E-state index contributed by atoms with van der Waals surface area (Å²) in [5.41, 5.74) is 3.88. The minimum atomic E-state index is -0.0932. The molecule has 0 aliphatic rings. The minimum absolute atomic E-state index is 0.0932. The number of methoxy groups -OCH3 is 1. The third-order valence-corrected chi connectivity index (χ3v) is 4.48. The number of imidazole rings is 1. The molecule has 0 aliphatic carbocycles. The third-order valence-electron chi connectivity index (χ3n) is 3.68. The predicted octanol–water partition coefficient (Wildman–Crippen LogP) is 4.12. The molecule has 0 bridgehead atoms. The number of hydrogen-bond acceptors (Lipinski definition) is 3. The van der Waals surface area contributed by atoms with Gasteiger partial charge < -0.3 is 14.2 Å². The first-order valence-corrected chi connectivity index (χ1v) is 7.43. The Balaban J connectivity index is 2.25. The zero-order valence-electron chi connectivity index (χ0n) is 12.1. The quantitative estimate of drug-likeness (QED) is 0.782. The summed E-state index contributed by atoms with van der Waals surface area (Å²) in [5, 5.41) is 10.2. The van der Waals surface area contributed by atoms with Gasteiger partial charge in [-0.1, -0.05) is 23.2 Å². The lowest BCUT2D eigenvalue weighted by Crippen LogP contribution is -1.92. The smallest absolute Gasteiger partial charge is 0.137 e. The topological polar surface area (TPSA) is 46.8 Å². The Labute approximate surface area is 137 Å². The number of aryl methyl sites for hydroxylation is 1. The average Bonchev–Trinajstić information content (AvgIpc) is 2.85. The Morgan fingerprint density at radius 2 is 2.05 bits per heavy atom. The number of hydrogen-bond donors (Lipinski definition) is 1. The maximum Gasteiger partial charge on any atom is 0.137 e. The molecule has 114 valence electrons. The molecule has 0 spiro atoms. The van der Waals surface area contributed by atoms with Gasteiger partial charge in [0.1, 0.15) is 11.4 Å². The van der Waals surface area contributed by atoms with Gasteiger partial charge in [0.15, 0.2) is 0 Å². The summed E-state index contributed by atoms with van der Waals surface area (Å²) < 4.78 is 7.30. The lowest BCUT2D eigenvalue weighted by atomic mass is 10.1. The summed E-state index contributed by atoms with van der Waals surface area (Å²) in [6, 6.07) is 7.30. The van der Waals surface area contributed by atoms with E-state index in [0.29, 0.717) is 21.5 Å². The van der Waals surface area contributed by atoms with Crippen LogP contribution >= 0.6 is 23.2 Å². The third kappa shape index (κ3) is 2.33. The van der Waals surface area contributed by atoms with Crippen molar-refractivity contribution in [2.24, 2.45) is 0 Å². The number of pyridine rings is 1. The first-order chi connectivity index (χ1) is 10.6. The molecule has 0 aliphatic heterocycles. The molecule has 6 heteroatoms. The summed E-state index contributed by atoms with van der Waals surface area (Å²) in [6.07, 6.45) is 1.89. The van der Waals surface area contributed by atoms with Gasteiger partial charge >= 0.3 is 0 Å². The van der Waals surface area contributed by atoms with Crippen LogP contribution in [0.2, 0.25) is 10.0 Å². The summed E-state index contributed by atoms with van der Waals surface area (Å²) in [5.74, 6) is 0.643. The molecule has 2 heterocycles. The van der Waals surface area contributed by atoms with Crippen molar-refractivity contribution in [1.82, 2.24) is 9.38 Å². The van der Waals surface area contributed by atoms with E-state index >= 15 is 0 Å². The number of ether oxygens (including phenoxy) is 1. The summed E-state index contributed by atoms with van der Waals surface area (Å²) >= 11 is 12.5. The standard InChI is InChI=1S/C16H14Cl2N2O2/c1-9-12(8-21)19-14-7-10(5-6-20(9)14)15-13(22-2)4-3-11(17)16(15)18/h3-7,21H,8H2,1-2H3. The molecule has 3 aromatic rings. The second-order valence-corrected chi connectivity index (χ2v) is 5.67. The van der Waals surface area contributed by atoms with E-state index in [4.69, 9.17) is 27.9 Å². The molecule has 0 amide bonds. The van der Waals surface area contributed by atoms with Crippen molar-refractivity contribution in [2.45, 2.75) is 13.5 Å².